The van der Waals surface area contributed by atoms with Crippen LogP contribution < -0.4 is 5.32 Å². The molecule has 130 valence electrons. The number of aliphatic imine (C=N–C) groups is 1. The van der Waals surface area contributed by atoms with Crippen LogP contribution in [0.4, 0.5) is 5.69 Å². The second-order valence-electron chi connectivity index (χ2n) is 5.79. The van der Waals surface area contributed by atoms with Gasteiger partial charge in [-0.2, -0.15) is 0 Å². The molecule has 7 heteroatoms. The first-order chi connectivity index (χ1) is 12.5. The zero-order chi connectivity index (χ0) is 18.3. The molecule has 0 aliphatic carbocycles. The van der Waals surface area contributed by atoms with Crippen molar-refractivity contribution in [2.24, 2.45) is 12.0 Å². The van der Waals surface area contributed by atoms with E-state index in [9.17, 15) is 4.79 Å². The topological polar surface area (TPSA) is 46.4 Å². The van der Waals surface area contributed by atoms with Gasteiger partial charge in [0.1, 0.15) is 0 Å². The minimum absolute atomic E-state index is 0.165. The molecule has 0 radical (unpaired) electrons. The molecule has 3 aromatic rings. The highest BCUT2D eigenvalue weighted by molar-refractivity contribution is 8.18. The Balaban J connectivity index is 1.66. The highest BCUT2D eigenvalue weighted by Crippen LogP contribution is 2.32. The van der Waals surface area contributed by atoms with E-state index in [2.05, 4.69) is 16.4 Å². The molecular weight excluding hydrogens is 389 g/mol. The number of carbonyl (C=O) groups is 1. The average Bonchev–Trinajstić information content (AvgIpc) is 3.12. The van der Waals surface area contributed by atoms with E-state index in [1.54, 1.807) is 18.2 Å². The van der Waals surface area contributed by atoms with Crippen molar-refractivity contribution in [2.75, 3.05) is 0 Å². The van der Waals surface area contributed by atoms with Crippen molar-refractivity contribution in [1.29, 1.82) is 0 Å². The maximum absolute atomic E-state index is 12.3. The van der Waals surface area contributed by atoms with Crippen LogP contribution in [0.25, 0.3) is 17.0 Å². The van der Waals surface area contributed by atoms with Gasteiger partial charge in [-0.05, 0) is 42.1 Å². The zero-order valence-electron chi connectivity index (χ0n) is 13.7. The first-order valence-electron chi connectivity index (χ1n) is 7.80. The van der Waals surface area contributed by atoms with Crippen molar-refractivity contribution in [1.82, 2.24) is 9.88 Å². The monoisotopic (exact) mass is 401 g/mol. The fourth-order valence-corrected chi connectivity index (χ4v) is 3.91. The summed E-state index contributed by atoms with van der Waals surface area (Å²) in [5, 5.41) is 5.29. The van der Waals surface area contributed by atoms with Crippen LogP contribution >= 0.6 is 35.0 Å². The Bertz CT molecular complexity index is 1100. The second-order valence-corrected chi connectivity index (χ2v) is 7.64. The van der Waals surface area contributed by atoms with Gasteiger partial charge in [0.2, 0.25) is 0 Å². The SMILES string of the molecule is Cn1cc(/C=C2/SC(=Nc3ccc(Cl)c(Cl)c3)NC2=O)c2ccccc21. The number of carbonyl (C=O) groups excluding carboxylic acids is 1. The number of nitrogens with zero attached hydrogens (tertiary/aromatic N) is 2. The minimum Gasteiger partial charge on any atom is -0.350 e. The third kappa shape index (κ3) is 3.26. The van der Waals surface area contributed by atoms with Crippen LogP contribution in [0.3, 0.4) is 0 Å². The van der Waals surface area contributed by atoms with Gasteiger partial charge >= 0.3 is 0 Å². The molecule has 1 saturated heterocycles. The summed E-state index contributed by atoms with van der Waals surface area (Å²) in [5.74, 6) is -0.165. The normalized spacial score (nSPS) is 17.4. The lowest BCUT2D eigenvalue weighted by atomic mass is 10.1. The Labute approximate surface area is 164 Å². The van der Waals surface area contributed by atoms with Crippen molar-refractivity contribution in [2.45, 2.75) is 0 Å². The number of amides is 1. The maximum Gasteiger partial charge on any atom is 0.264 e. The summed E-state index contributed by atoms with van der Waals surface area (Å²) in [4.78, 5) is 17.3. The van der Waals surface area contributed by atoms with Crippen molar-refractivity contribution < 1.29 is 4.79 Å². The van der Waals surface area contributed by atoms with Crippen molar-refractivity contribution in [3.63, 3.8) is 0 Å². The number of fused-ring (bicyclic) bond motifs is 1. The highest BCUT2D eigenvalue weighted by atomic mass is 35.5. The fourth-order valence-electron chi connectivity index (χ4n) is 2.78. The van der Waals surface area contributed by atoms with Gasteiger partial charge in [0.15, 0.2) is 5.17 Å². The smallest absolute Gasteiger partial charge is 0.264 e. The molecular formula is C19H13Cl2N3OS. The molecule has 0 saturated carbocycles. The summed E-state index contributed by atoms with van der Waals surface area (Å²) in [6, 6.07) is 13.2. The molecule has 0 atom stereocenters. The molecule has 0 bridgehead atoms. The van der Waals surface area contributed by atoms with Gasteiger partial charge in [-0.3, -0.25) is 4.79 Å². The van der Waals surface area contributed by atoms with Gasteiger partial charge in [0.05, 0.1) is 20.6 Å². The average molecular weight is 402 g/mol. The summed E-state index contributed by atoms with van der Waals surface area (Å²) in [6.07, 6.45) is 3.90. The fraction of sp³-hybridized carbons (Fsp3) is 0.0526. The summed E-state index contributed by atoms with van der Waals surface area (Å²) in [6.45, 7) is 0. The Morgan fingerprint density at radius 2 is 1.96 bits per heavy atom. The van der Waals surface area contributed by atoms with Crippen LogP contribution in [0.15, 0.2) is 58.6 Å². The number of nitrogens with one attached hydrogen (secondary N) is 1. The van der Waals surface area contributed by atoms with Crippen molar-refractivity contribution in [3.05, 3.63) is 69.2 Å². The first-order valence-corrected chi connectivity index (χ1v) is 9.37. The Hall–Kier alpha value is -2.21. The largest absolute Gasteiger partial charge is 0.350 e. The molecule has 1 aliphatic rings. The predicted octanol–water partition coefficient (Wildman–Crippen LogP) is 5.38. The maximum atomic E-state index is 12.3. The number of benzene rings is 2. The zero-order valence-corrected chi connectivity index (χ0v) is 16.0. The molecule has 0 spiro atoms. The van der Waals surface area contributed by atoms with Gasteiger partial charge in [0.25, 0.3) is 5.91 Å². The summed E-state index contributed by atoms with van der Waals surface area (Å²) >= 11 is 13.2. The quantitative estimate of drug-likeness (QED) is 0.586. The van der Waals surface area contributed by atoms with Crippen LogP contribution in [0.2, 0.25) is 10.0 Å². The third-order valence-electron chi connectivity index (χ3n) is 4.00. The molecule has 1 aromatic heterocycles. The number of rotatable bonds is 2. The van der Waals surface area contributed by atoms with Crippen LogP contribution in [0.5, 0.6) is 0 Å². The summed E-state index contributed by atoms with van der Waals surface area (Å²) in [5.41, 5.74) is 2.75. The summed E-state index contributed by atoms with van der Waals surface area (Å²) in [7, 11) is 1.99. The Morgan fingerprint density at radius 1 is 1.15 bits per heavy atom. The molecule has 4 nitrogen and oxygen atoms in total. The van der Waals surface area contributed by atoms with E-state index in [1.807, 2.05) is 42.1 Å². The molecule has 2 aromatic carbocycles. The van der Waals surface area contributed by atoms with Gasteiger partial charge < -0.3 is 9.88 Å². The van der Waals surface area contributed by atoms with Gasteiger partial charge in [-0.15, -0.1) is 0 Å². The summed E-state index contributed by atoms with van der Waals surface area (Å²) < 4.78 is 2.05. The van der Waals surface area contributed by atoms with Crippen LogP contribution in [0, 0.1) is 0 Å². The standard InChI is InChI=1S/C19H13Cl2N3OS/c1-24-10-11(13-4-2-3-5-16(13)24)8-17-18(25)23-19(26-17)22-12-6-7-14(20)15(21)9-12/h2-10H,1H3,(H,22,23,25)/b17-8+. The Morgan fingerprint density at radius 3 is 2.77 bits per heavy atom. The van der Waals surface area contributed by atoms with E-state index in [1.165, 1.54) is 11.8 Å². The highest BCUT2D eigenvalue weighted by Gasteiger charge is 2.24. The minimum atomic E-state index is -0.165. The molecule has 4 rings (SSSR count). The number of thioether (sulfide) groups is 1. The molecule has 26 heavy (non-hydrogen) atoms. The lowest BCUT2D eigenvalue weighted by Crippen LogP contribution is -2.19. The van der Waals surface area contributed by atoms with Crippen molar-refractivity contribution in [3.8, 4) is 0 Å². The Kier molecular flexibility index (Phi) is 4.53. The number of hydrogen-bond acceptors (Lipinski definition) is 3. The lowest BCUT2D eigenvalue weighted by Gasteiger charge is -1.98. The van der Waals surface area contributed by atoms with E-state index >= 15 is 0 Å². The van der Waals surface area contributed by atoms with E-state index in [0.717, 1.165) is 16.5 Å². The third-order valence-corrected chi connectivity index (χ3v) is 5.65. The molecule has 2 heterocycles. The van der Waals surface area contributed by atoms with Crippen LogP contribution in [-0.2, 0) is 11.8 Å². The number of aromatic nitrogens is 1. The molecule has 1 amide bonds. The van der Waals surface area contributed by atoms with E-state index in [0.29, 0.717) is 25.8 Å². The van der Waals surface area contributed by atoms with Crippen molar-refractivity contribution >= 4 is 68.7 Å². The van der Waals surface area contributed by atoms with E-state index < -0.39 is 0 Å². The van der Waals surface area contributed by atoms with Gasteiger partial charge in [0, 0.05) is 29.7 Å². The van der Waals surface area contributed by atoms with Gasteiger partial charge in [-0.1, -0.05) is 41.4 Å². The van der Waals surface area contributed by atoms with Crippen LogP contribution in [-0.4, -0.2) is 15.6 Å². The second kappa shape index (κ2) is 6.83. The number of amidine groups is 1. The lowest BCUT2D eigenvalue weighted by molar-refractivity contribution is -0.115. The van der Waals surface area contributed by atoms with E-state index in [4.69, 9.17) is 23.2 Å². The number of para-hydroxylation sites is 1. The van der Waals surface area contributed by atoms with Gasteiger partial charge in [-0.25, -0.2) is 4.99 Å². The van der Waals surface area contributed by atoms with Crippen LogP contribution in [0.1, 0.15) is 5.56 Å². The molecule has 0 unspecified atom stereocenters. The first kappa shape index (κ1) is 17.2. The number of hydrogen-bond donors (Lipinski definition) is 1. The number of halogens is 2. The predicted molar refractivity (Wildman–Crippen MR) is 110 cm³/mol. The van der Waals surface area contributed by atoms with E-state index in [-0.39, 0.29) is 5.91 Å². The number of aryl methyl sites for hydroxylation is 1. The molecule has 1 aliphatic heterocycles. The molecule has 1 fully saturated rings. The molecule has 1 N–H and O–H groups in total.